The lowest BCUT2D eigenvalue weighted by Crippen LogP contribution is -2.23. The Morgan fingerprint density at radius 2 is 2.33 bits per heavy atom. The molecule has 7 heteroatoms. The standard InChI is InChI=1S/C11H10N4OS2/c12-11(17)15-14-7-8-4-5-10(16-8)18-9-3-1-2-6-13-9/h1-7H,(H3,12,15,17). The fourth-order valence-electron chi connectivity index (χ4n) is 1.13. The second-order valence-corrected chi connectivity index (χ2v) is 4.63. The number of rotatable bonds is 4. The lowest BCUT2D eigenvalue weighted by molar-refractivity contribution is 0.468. The highest BCUT2D eigenvalue weighted by molar-refractivity contribution is 7.99. The van der Waals surface area contributed by atoms with Crippen molar-refractivity contribution in [3.63, 3.8) is 0 Å². The van der Waals surface area contributed by atoms with Crippen molar-refractivity contribution in [3.8, 4) is 0 Å². The second-order valence-electron chi connectivity index (χ2n) is 3.16. The van der Waals surface area contributed by atoms with Crippen LogP contribution >= 0.6 is 24.0 Å². The number of hydrogen-bond acceptors (Lipinski definition) is 5. The molecule has 2 aromatic heterocycles. The second kappa shape index (κ2) is 6.18. The maximum Gasteiger partial charge on any atom is 0.184 e. The maximum absolute atomic E-state index is 5.52. The summed E-state index contributed by atoms with van der Waals surface area (Å²) in [5.41, 5.74) is 7.68. The van der Waals surface area contributed by atoms with Crippen LogP contribution in [0.4, 0.5) is 0 Å². The minimum atomic E-state index is 0.112. The number of thiocarbonyl (C=S) groups is 1. The molecule has 0 aliphatic heterocycles. The van der Waals surface area contributed by atoms with Gasteiger partial charge in [-0.15, -0.1) is 0 Å². The Morgan fingerprint density at radius 3 is 3.06 bits per heavy atom. The van der Waals surface area contributed by atoms with E-state index >= 15 is 0 Å². The van der Waals surface area contributed by atoms with Crippen LogP contribution in [0.25, 0.3) is 0 Å². The summed E-state index contributed by atoms with van der Waals surface area (Å²) < 4.78 is 5.52. The van der Waals surface area contributed by atoms with Crippen LogP contribution in [0.3, 0.4) is 0 Å². The molecule has 0 unspecified atom stereocenters. The molecule has 0 aliphatic rings. The average Bonchev–Trinajstić information content (AvgIpc) is 2.78. The molecule has 2 rings (SSSR count). The summed E-state index contributed by atoms with van der Waals surface area (Å²) in [6, 6.07) is 9.35. The number of nitrogens with one attached hydrogen (secondary N) is 1. The number of nitrogens with two attached hydrogens (primary N) is 1. The Balaban J connectivity index is 1.98. The first-order valence-corrected chi connectivity index (χ1v) is 6.24. The molecular weight excluding hydrogens is 268 g/mol. The topological polar surface area (TPSA) is 76.4 Å². The average molecular weight is 278 g/mol. The van der Waals surface area contributed by atoms with Gasteiger partial charge < -0.3 is 10.2 Å². The Morgan fingerprint density at radius 1 is 1.44 bits per heavy atom. The minimum Gasteiger partial charge on any atom is -0.448 e. The van der Waals surface area contributed by atoms with E-state index in [0.717, 1.165) is 10.1 Å². The molecule has 0 aliphatic carbocycles. The van der Waals surface area contributed by atoms with Crippen molar-refractivity contribution in [1.82, 2.24) is 10.4 Å². The largest absolute Gasteiger partial charge is 0.448 e. The summed E-state index contributed by atoms with van der Waals surface area (Å²) in [5, 5.41) is 5.53. The molecular formula is C11H10N4OS2. The molecule has 0 fully saturated rings. The third-order valence-corrected chi connectivity index (χ3v) is 2.77. The molecule has 0 amide bonds. The third-order valence-electron chi connectivity index (χ3n) is 1.81. The van der Waals surface area contributed by atoms with E-state index in [9.17, 15) is 0 Å². The number of nitrogens with zero attached hydrogens (tertiary/aromatic N) is 2. The predicted molar refractivity (Wildman–Crippen MR) is 74.6 cm³/mol. The van der Waals surface area contributed by atoms with Gasteiger partial charge in [0.2, 0.25) is 0 Å². The van der Waals surface area contributed by atoms with Crippen molar-refractivity contribution in [2.75, 3.05) is 0 Å². The highest BCUT2D eigenvalue weighted by atomic mass is 32.2. The molecule has 0 saturated heterocycles. The molecule has 92 valence electrons. The van der Waals surface area contributed by atoms with Gasteiger partial charge in [0, 0.05) is 6.20 Å². The molecule has 0 aromatic carbocycles. The van der Waals surface area contributed by atoms with Gasteiger partial charge in [0.1, 0.15) is 10.8 Å². The van der Waals surface area contributed by atoms with Gasteiger partial charge in [0.05, 0.1) is 6.21 Å². The van der Waals surface area contributed by atoms with Crippen LogP contribution in [0, 0.1) is 0 Å². The van der Waals surface area contributed by atoms with Crippen molar-refractivity contribution in [1.29, 1.82) is 0 Å². The van der Waals surface area contributed by atoms with Crippen LogP contribution in [0.15, 0.2) is 56.2 Å². The highest BCUT2D eigenvalue weighted by Gasteiger charge is 2.03. The van der Waals surface area contributed by atoms with Gasteiger partial charge in [-0.25, -0.2) is 4.98 Å². The van der Waals surface area contributed by atoms with E-state index in [1.807, 2.05) is 24.3 Å². The number of hydrogen-bond donors (Lipinski definition) is 2. The first-order chi connectivity index (χ1) is 8.74. The summed E-state index contributed by atoms with van der Waals surface area (Å²) in [5.74, 6) is 0.609. The van der Waals surface area contributed by atoms with Crippen LogP contribution in [0.5, 0.6) is 0 Å². The predicted octanol–water partition coefficient (Wildman–Crippen LogP) is 1.99. The van der Waals surface area contributed by atoms with E-state index in [4.69, 9.17) is 10.2 Å². The lowest BCUT2D eigenvalue weighted by Gasteiger charge is -1.95. The maximum atomic E-state index is 5.52. The van der Waals surface area contributed by atoms with E-state index in [-0.39, 0.29) is 5.11 Å². The van der Waals surface area contributed by atoms with E-state index in [1.54, 1.807) is 12.3 Å². The van der Waals surface area contributed by atoms with E-state index in [1.165, 1.54) is 18.0 Å². The zero-order valence-corrected chi connectivity index (χ0v) is 10.9. The van der Waals surface area contributed by atoms with Gasteiger partial charge >= 0.3 is 0 Å². The van der Waals surface area contributed by atoms with Gasteiger partial charge in [-0.05, 0) is 48.2 Å². The van der Waals surface area contributed by atoms with Crippen molar-refractivity contribution < 1.29 is 4.42 Å². The molecule has 0 spiro atoms. The van der Waals surface area contributed by atoms with Gasteiger partial charge in [0.15, 0.2) is 10.2 Å². The Labute approximate surface area is 113 Å². The summed E-state index contributed by atoms with van der Waals surface area (Å²) in [6.45, 7) is 0. The quantitative estimate of drug-likeness (QED) is 0.506. The molecule has 3 N–H and O–H groups in total. The number of hydrazone groups is 1. The first-order valence-electron chi connectivity index (χ1n) is 5.01. The van der Waals surface area contributed by atoms with Gasteiger partial charge in [-0.1, -0.05) is 6.07 Å². The molecule has 5 nitrogen and oxygen atoms in total. The summed E-state index contributed by atoms with van der Waals surface area (Å²) in [6.07, 6.45) is 3.24. The molecule has 2 heterocycles. The summed E-state index contributed by atoms with van der Waals surface area (Å²) >= 11 is 6.05. The van der Waals surface area contributed by atoms with E-state index < -0.39 is 0 Å². The van der Waals surface area contributed by atoms with Crippen LogP contribution in [-0.2, 0) is 0 Å². The SMILES string of the molecule is NC(=S)NN=Cc1ccc(Sc2ccccn2)o1. The van der Waals surface area contributed by atoms with Crippen LogP contribution in [0.2, 0.25) is 0 Å². The number of furan rings is 1. The number of pyridine rings is 1. The van der Waals surface area contributed by atoms with Crippen molar-refractivity contribution in [3.05, 3.63) is 42.3 Å². The van der Waals surface area contributed by atoms with E-state index in [0.29, 0.717) is 5.76 Å². The fraction of sp³-hybridized carbons (Fsp3) is 0. The molecule has 18 heavy (non-hydrogen) atoms. The monoisotopic (exact) mass is 278 g/mol. The third kappa shape index (κ3) is 3.86. The van der Waals surface area contributed by atoms with Crippen LogP contribution in [-0.4, -0.2) is 16.3 Å². The zero-order chi connectivity index (χ0) is 12.8. The number of aromatic nitrogens is 1. The molecule has 0 saturated carbocycles. The van der Waals surface area contributed by atoms with Gasteiger partial charge in [-0.2, -0.15) is 5.10 Å². The van der Waals surface area contributed by atoms with Gasteiger partial charge in [-0.3, -0.25) is 5.43 Å². The van der Waals surface area contributed by atoms with E-state index in [2.05, 4.69) is 27.7 Å². The highest BCUT2D eigenvalue weighted by Crippen LogP contribution is 2.26. The summed E-state index contributed by atoms with van der Waals surface area (Å²) in [4.78, 5) is 4.19. The molecule has 0 radical (unpaired) electrons. The van der Waals surface area contributed by atoms with Crippen molar-refractivity contribution in [2.45, 2.75) is 10.1 Å². The van der Waals surface area contributed by atoms with Crippen LogP contribution in [0.1, 0.15) is 5.76 Å². The Hall–Kier alpha value is -1.86. The first kappa shape index (κ1) is 12.6. The summed E-state index contributed by atoms with van der Waals surface area (Å²) in [7, 11) is 0. The smallest absolute Gasteiger partial charge is 0.184 e. The fourth-order valence-corrected chi connectivity index (χ4v) is 1.92. The van der Waals surface area contributed by atoms with Crippen molar-refractivity contribution in [2.24, 2.45) is 10.8 Å². The molecule has 2 aromatic rings. The lowest BCUT2D eigenvalue weighted by atomic mass is 10.5. The molecule has 0 atom stereocenters. The van der Waals surface area contributed by atoms with Crippen molar-refractivity contribution >= 4 is 35.3 Å². The Bertz CT molecular complexity index is 553. The van der Waals surface area contributed by atoms with Crippen LogP contribution < -0.4 is 11.2 Å². The Kier molecular flexibility index (Phi) is 4.32. The van der Waals surface area contributed by atoms with Gasteiger partial charge in [0.25, 0.3) is 0 Å². The zero-order valence-electron chi connectivity index (χ0n) is 9.24. The molecule has 0 bridgehead atoms. The normalized spacial score (nSPS) is 10.7. The minimum absolute atomic E-state index is 0.112.